The van der Waals surface area contributed by atoms with Gasteiger partial charge in [-0.1, -0.05) is 50.1 Å². The van der Waals surface area contributed by atoms with Crippen LogP contribution in [0.5, 0.6) is 11.5 Å². The van der Waals surface area contributed by atoms with Gasteiger partial charge in [-0.25, -0.2) is 4.39 Å². The van der Waals surface area contributed by atoms with E-state index in [0.29, 0.717) is 36.2 Å². The molecule has 1 fully saturated rings. The van der Waals surface area contributed by atoms with Crippen molar-refractivity contribution in [3.8, 4) is 35.0 Å². The highest BCUT2D eigenvalue weighted by atomic mass is 19.1. The van der Waals surface area contributed by atoms with Crippen molar-refractivity contribution in [2.24, 2.45) is 5.92 Å². The third-order valence-corrected chi connectivity index (χ3v) is 7.20. The molecule has 0 spiro atoms. The van der Waals surface area contributed by atoms with E-state index in [1.165, 1.54) is 6.07 Å². The van der Waals surface area contributed by atoms with Crippen molar-refractivity contribution in [2.45, 2.75) is 51.0 Å². The Bertz CT molecular complexity index is 1350. The van der Waals surface area contributed by atoms with Crippen LogP contribution < -0.4 is 9.47 Å². The maximum atomic E-state index is 15.0. The van der Waals surface area contributed by atoms with Crippen molar-refractivity contribution >= 4 is 5.97 Å². The zero-order valence-electron chi connectivity index (χ0n) is 22.7. The largest absolute Gasteiger partial charge is 0.497 e. The van der Waals surface area contributed by atoms with Crippen molar-refractivity contribution in [1.29, 1.82) is 0 Å². The molecule has 0 saturated heterocycles. The number of hydrogen-bond acceptors (Lipinski definition) is 4. The maximum absolute atomic E-state index is 15.0. The number of carboxylic acids is 1. The topological polar surface area (TPSA) is 65.0 Å². The summed E-state index contributed by atoms with van der Waals surface area (Å²) in [6.45, 7) is 4.92. The summed E-state index contributed by atoms with van der Waals surface area (Å²) in [5.74, 6) is 3.04. The first-order valence-electron chi connectivity index (χ1n) is 13.1. The Labute approximate surface area is 229 Å². The third kappa shape index (κ3) is 7.19. The summed E-state index contributed by atoms with van der Waals surface area (Å²) in [7, 11) is 1.56. The lowest BCUT2D eigenvalue weighted by atomic mass is 9.79. The molecule has 1 atom stereocenters. The number of carboxylic acid groups (broad SMARTS) is 1. The fourth-order valence-electron chi connectivity index (χ4n) is 5.00. The van der Waals surface area contributed by atoms with Crippen LogP contribution in [0.1, 0.15) is 55.7 Å². The number of ether oxygens (including phenoxy) is 3. The number of rotatable bonds is 13. The second-order valence-electron chi connectivity index (χ2n) is 10.7. The summed E-state index contributed by atoms with van der Waals surface area (Å²) in [6.07, 6.45) is 7.62. The van der Waals surface area contributed by atoms with Gasteiger partial charge < -0.3 is 19.3 Å². The van der Waals surface area contributed by atoms with E-state index in [0.717, 1.165) is 35.1 Å². The number of methoxy groups -OCH3 is 1. The zero-order chi connectivity index (χ0) is 28.0. The van der Waals surface area contributed by atoms with Crippen LogP contribution >= 0.6 is 0 Å². The Balaban J connectivity index is 1.62. The van der Waals surface area contributed by atoms with Crippen molar-refractivity contribution in [3.05, 3.63) is 83.2 Å². The van der Waals surface area contributed by atoms with E-state index in [2.05, 4.69) is 5.92 Å². The minimum Gasteiger partial charge on any atom is -0.497 e. The number of benzene rings is 3. The van der Waals surface area contributed by atoms with Crippen molar-refractivity contribution in [2.75, 3.05) is 20.3 Å². The molecule has 1 N–H and O–H groups in total. The lowest BCUT2D eigenvalue weighted by Gasteiger charge is -2.28. The van der Waals surface area contributed by atoms with Gasteiger partial charge in [0.05, 0.1) is 20.1 Å². The average molecular weight is 531 g/mol. The van der Waals surface area contributed by atoms with E-state index in [1.54, 1.807) is 19.2 Å². The molecule has 0 radical (unpaired) electrons. The molecule has 0 aliphatic heterocycles. The molecule has 1 unspecified atom stereocenters. The molecule has 1 aliphatic rings. The van der Waals surface area contributed by atoms with Gasteiger partial charge in [-0.2, -0.15) is 0 Å². The number of hydrogen-bond donors (Lipinski definition) is 1. The lowest BCUT2D eigenvalue weighted by Crippen LogP contribution is -2.26. The highest BCUT2D eigenvalue weighted by molar-refractivity contribution is 5.71. The second kappa shape index (κ2) is 12.4. The Morgan fingerprint density at radius 1 is 1.10 bits per heavy atom. The fraction of sp³-hybridized carbons (Fsp3) is 0.364. The van der Waals surface area contributed by atoms with E-state index in [1.807, 2.05) is 56.3 Å². The Morgan fingerprint density at radius 3 is 2.59 bits per heavy atom. The van der Waals surface area contributed by atoms with Crippen LogP contribution in [0.4, 0.5) is 4.39 Å². The molecule has 1 aliphatic carbocycles. The summed E-state index contributed by atoms with van der Waals surface area (Å²) in [6, 6.07) is 18.3. The van der Waals surface area contributed by atoms with Crippen LogP contribution in [0.2, 0.25) is 0 Å². The van der Waals surface area contributed by atoms with Gasteiger partial charge in [-0.15, -0.1) is 6.42 Å². The highest BCUT2D eigenvalue weighted by Crippen LogP contribution is 2.45. The first-order chi connectivity index (χ1) is 18.7. The fourth-order valence-corrected chi connectivity index (χ4v) is 5.00. The molecule has 4 rings (SSSR count). The molecule has 3 aromatic rings. The molecule has 1 saturated carbocycles. The molecular formula is C33H35FO5. The summed E-state index contributed by atoms with van der Waals surface area (Å²) in [4.78, 5) is 11.4. The second-order valence-corrected chi connectivity index (χ2v) is 10.7. The average Bonchev–Trinajstić information content (AvgIpc) is 3.76. The van der Waals surface area contributed by atoms with Gasteiger partial charge in [-0.3, -0.25) is 4.79 Å². The molecule has 5 nitrogen and oxygen atoms in total. The van der Waals surface area contributed by atoms with Crippen molar-refractivity contribution in [1.82, 2.24) is 0 Å². The monoisotopic (exact) mass is 530 g/mol. The predicted molar refractivity (Wildman–Crippen MR) is 150 cm³/mol. The summed E-state index contributed by atoms with van der Waals surface area (Å²) in [5.41, 5.74) is 3.51. The van der Waals surface area contributed by atoms with Crippen LogP contribution in [-0.4, -0.2) is 31.4 Å². The molecule has 204 valence electrons. The predicted octanol–water partition coefficient (Wildman–Crippen LogP) is 6.98. The lowest BCUT2D eigenvalue weighted by molar-refractivity contribution is -0.137. The molecule has 0 amide bonds. The Morgan fingerprint density at radius 2 is 1.90 bits per heavy atom. The van der Waals surface area contributed by atoms with Crippen LogP contribution in [-0.2, 0) is 21.6 Å². The minimum atomic E-state index is -0.785. The first-order valence-corrected chi connectivity index (χ1v) is 13.1. The zero-order valence-corrected chi connectivity index (χ0v) is 22.7. The Hall–Kier alpha value is -3.82. The van der Waals surface area contributed by atoms with Gasteiger partial charge in [0.25, 0.3) is 0 Å². The molecule has 3 aromatic carbocycles. The smallest absolute Gasteiger partial charge is 0.303 e. The quantitative estimate of drug-likeness (QED) is 0.191. The van der Waals surface area contributed by atoms with E-state index in [9.17, 15) is 9.90 Å². The Kier molecular flexibility index (Phi) is 8.93. The number of terminal acetylenes is 1. The van der Waals surface area contributed by atoms with Gasteiger partial charge >= 0.3 is 5.97 Å². The van der Waals surface area contributed by atoms with Gasteiger partial charge in [0.2, 0.25) is 0 Å². The third-order valence-electron chi connectivity index (χ3n) is 7.20. The van der Waals surface area contributed by atoms with Crippen LogP contribution in [0, 0.1) is 24.1 Å². The van der Waals surface area contributed by atoms with E-state index >= 15 is 4.39 Å². The first kappa shape index (κ1) is 28.2. The molecule has 0 heterocycles. The summed E-state index contributed by atoms with van der Waals surface area (Å²) >= 11 is 0. The summed E-state index contributed by atoms with van der Waals surface area (Å²) < 4.78 is 32.2. The minimum absolute atomic E-state index is 0.00138. The van der Waals surface area contributed by atoms with Gasteiger partial charge in [0.1, 0.15) is 30.5 Å². The molecular weight excluding hydrogens is 495 g/mol. The highest BCUT2D eigenvalue weighted by Gasteiger charge is 2.34. The maximum Gasteiger partial charge on any atom is 0.303 e. The van der Waals surface area contributed by atoms with Crippen LogP contribution in [0.3, 0.4) is 0 Å². The van der Waals surface area contributed by atoms with E-state index in [4.69, 9.17) is 20.6 Å². The number of carbonyl (C=O) groups is 1. The van der Waals surface area contributed by atoms with Crippen molar-refractivity contribution in [3.63, 3.8) is 0 Å². The summed E-state index contributed by atoms with van der Waals surface area (Å²) in [5, 5.41) is 9.37. The normalized spacial score (nSPS) is 13.9. The number of halogens is 1. The van der Waals surface area contributed by atoms with Gasteiger partial charge in [0, 0.05) is 11.0 Å². The standard InChI is InChI=1S/C33H35FO5/c1-5-15-38-21-33(2,3)30-16-22(9-13-27(30)29-18-25(37-4)12-14-31(29)34)20-39-26-8-6-7-24(17-26)28(19-32(35)36)23-10-11-23/h1,6-9,12-14,16-18,23,28H,10-11,15,19-21H2,2-4H3,(H,35,36). The SMILES string of the molecule is C#CCOCC(C)(C)c1cc(COc2cccc(C(CC(=O)O)C3CC3)c2)ccc1-c1cc(OC)ccc1F. The molecule has 0 bridgehead atoms. The van der Waals surface area contributed by atoms with Gasteiger partial charge in [-0.05, 0) is 77.3 Å². The molecule has 6 heteroatoms. The molecule has 0 aromatic heterocycles. The molecule has 39 heavy (non-hydrogen) atoms. The van der Waals surface area contributed by atoms with Gasteiger partial charge in [0.15, 0.2) is 0 Å². The van der Waals surface area contributed by atoms with E-state index in [-0.39, 0.29) is 24.8 Å². The van der Waals surface area contributed by atoms with Crippen molar-refractivity contribution < 1.29 is 28.5 Å². The van der Waals surface area contributed by atoms with Crippen LogP contribution in [0.25, 0.3) is 11.1 Å². The number of aliphatic carboxylic acids is 1. The van der Waals surface area contributed by atoms with E-state index < -0.39 is 11.4 Å². The van der Waals surface area contributed by atoms with Crippen LogP contribution in [0.15, 0.2) is 60.7 Å².